The summed E-state index contributed by atoms with van der Waals surface area (Å²) in [6.45, 7) is 2.37. The van der Waals surface area contributed by atoms with E-state index in [0.717, 1.165) is 18.5 Å². The summed E-state index contributed by atoms with van der Waals surface area (Å²) >= 11 is 6.02. The Morgan fingerprint density at radius 3 is 2.46 bits per heavy atom. The number of nitrogens with two attached hydrogens (primary N) is 1. The number of hydrogen-bond acceptors (Lipinski definition) is 5. The van der Waals surface area contributed by atoms with Crippen LogP contribution >= 0.6 is 11.6 Å². The minimum atomic E-state index is -0.492. The van der Waals surface area contributed by atoms with Gasteiger partial charge in [0.15, 0.2) is 5.65 Å². The Morgan fingerprint density at radius 2 is 1.79 bits per heavy atom. The van der Waals surface area contributed by atoms with Crippen LogP contribution in [0.1, 0.15) is 30.1 Å². The summed E-state index contributed by atoms with van der Waals surface area (Å²) in [5, 5.41) is 0.606. The lowest BCUT2D eigenvalue weighted by Gasteiger charge is -2.08. The first-order chi connectivity index (χ1) is 13.6. The second-order valence-corrected chi connectivity index (χ2v) is 6.88. The van der Waals surface area contributed by atoms with E-state index in [1.807, 2.05) is 43.3 Å². The van der Waals surface area contributed by atoms with Crippen molar-refractivity contribution >= 4 is 45.6 Å². The van der Waals surface area contributed by atoms with Gasteiger partial charge in [0.1, 0.15) is 16.9 Å². The Morgan fingerprint density at radius 1 is 1.11 bits per heavy atom. The number of fused-ring (bicyclic) bond motifs is 2. The number of nitrogens with zero attached hydrogens (tertiary/aromatic N) is 3. The number of aromatic nitrogens is 3. The summed E-state index contributed by atoms with van der Waals surface area (Å²) in [5.41, 5.74) is 9.71. The summed E-state index contributed by atoms with van der Waals surface area (Å²) < 4.78 is 7.13. The number of unbranched alkanes of at least 4 members (excludes halogenated alkanes) is 1. The molecule has 0 radical (unpaired) electrons. The van der Waals surface area contributed by atoms with Crippen LogP contribution in [0.25, 0.3) is 27.9 Å². The highest BCUT2D eigenvalue weighted by atomic mass is 35.5. The molecule has 0 unspecified atom stereocenters. The number of benzene rings is 2. The van der Waals surface area contributed by atoms with Crippen LogP contribution in [-0.2, 0) is 4.74 Å². The van der Waals surface area contributed by atoms with Crippen molar-refractivity contribution in [2.24, 2.45) is 0 Å². The van der Waals surface area contributed by atoms with E-state index < -0.39 is 5.97 Å². The molecule has 2 aromatic heterocycles. The maximum Gasteiger partial charge on any atom is 0.344 e. The van der Waals surface area contributed by atoms with Gasteiger partial charge >= 0.3 is 5.97 Å². The number of carbonyl (C=O) groups excluding carboxylic acids is 1. The van der Waals surface area contributed by atoms with Crippen LogP contribution in [-0.4, -0.2) is 27.1 Å². The fourth-order valence-electron chi connectivity index (χ4n) is 3.10. The van der Waals surface area contributed by atoms with Gasteiger partial charge in [-0.2, -0.15) is 0 Å². The summed E-state index contributed by atoms with van der Waals surface area (Å²) in [6.07, 6.45) is 1.72. The van der Waals surface area contributed by atoms with E-state index in [1.165, 1.54) is 0 Å². The van der Waals surface area contributed by atoms with E-state index in [2.05, 4.69) is 4.98 Å². The molecule has 0 spiro atoms. The molecule has 2 N–H and O–H groups in total. The van der Waals surface area contributed by atoms with Crippen LogP contribution in [0.2, 0.25) is 5.02 Å². The number of esters is 1. The quantitative estimate of drug-likeness (QED) is 0.389. The first-order valence-corrected chi connectivity index (χ1v) is 9.47. The van der Waals surface area contributed by atoms with Crippen molar-refractivity contribution < 1.29 is 9.53 Å². The lowest BCUT2D eigenvalue weighted by molar-refractivity contribution is 0.0503. The molecular weight excluding hydrogens is 376 g/mol. The molecule has 0 saturated carbocycles. The van der Waals surface area contributed by atoms with Crippen molar-refractivity contribution in [3.63, 3.8) is 0 Å². The highest BCUT2D eigenvalue weighted by Gasteiger charge is 2.25. The Hall–Kier alpha value is -3.12. The molecule has 7 heteroatoms. The number of para-hydroxylation sites is 2. The molecule has 28 heavy (non-hydrogen) atoms. The molecule has 4 rings (SSSR count). The molecule has 0 bridgehead atoms. The largest absolute Gasteiger partial charge is 0.462 e. The summed E-state index contributed by atoms with van der Waals surface area (Å²) in [7, 11) is 0. The Labute approximate surface area is 166 Å². The average Bonchev–Trinajstić information content (AvgIpc) is 2.98. The standard InChI is InChI=1S/C21H19ClN4O2/c1-2-3-12-28-21(27)17-18-20(25-16-7-5-4-6-15(16)24-18)26(19(17)23)14-10-8-13(22)9-11-14/h4-11H,2-3,12,23H2,1H3. The van der Waals surface area contributed by atoms with Crippen molar-refractivity contribution in [1.29, 1.82) is 0 Å². The van der Waals surface area contributed by atoms with Gasteiger partial charge in [-0.3, -0.25) is 4.57 Å². The molecule has 0 aliphatic carbocycles. The molecule has 0 aliphatic heterocycles. The molecule has 2 heterocycles. The maximum atomic E-state index is 12.8. The fourth-order valence-corrected chi connectivity index (χ4v) is 3.22. The van der Waals surface area contributed by atoms with Crippen molar-refractivity contribution in [2.75, 3.05) is 12.3 Å². The highest BCUT2D eigenvalue weighted by molar-refractivity contribution is 6.30. The van der Waals surface area contributed by atoms with Crippen LogP contribution < -0.4 is 5.73 Å². The van der Waals surface area contributed by atoms with E-state index in [9.17, 15) is 4.79 Å². The summed E-state index contributed by atoms with van der Waals surface area (Å²) in [5.74, 6) is -0.248. The molecular formula is C21H19ClN4O2. The highest BCUT2D eigenvalue weighted by Crippen LogP contribution is 2.31. The Balaban J connectivity index is 1.97. The van der Waals surface area contributed by atoms with Crippen LogP contribution in [0.5, 0.6) is 0 Å². The Kier molecular flexibility index (Phi) is 4.88. The van der Waals surface area contributed by atoms with Crippen molar-refractivity contribution in [2.45, 2.75) is 19.8 Å². The molecule has 0 atom stereocenters. The number of nitrogen functional groups attached to an aromatic ring is 1. The summed E-state index contributed by atoms with van der Waals surface area (Å²) in [4.78, 5) is 22.2. The number of hydrogen-bond donors (Lipinski definition) is 1. The zero-order valence-corrected chi connectivity index (χ0v) is 16.1. The number of ether oxygens (including phenoxy) is 1. The average molecular weight is 395 g/mol. The molecule has 0 aliphatic rings. The smallest absolute Gasteiger partial charge is 0.344 e. The molecule has 0 fully saturated rings. The predicted molar refractivity (Wildman–Crippen MR) is 111 cm³/mol. The molecule has 142 valence electrons. The van der Waals surface area contributed by atoms with Gasteiger partial charge in [0.05, 0.1) is 17.6 Å². The van der Waals surface area contributed by atoms with Crippen LogP contribution in [0, 0.1) is 0 Å². The maximum absolute atomic E-state index is 12.8. The van der Waals surface area contributed by atoms with E-state index in [1.54, 1.807) is 16.7 Å². The third-order valence-electron chi connectivity index (χ3n) is 4.52. The van der Waals surface area contributed by atoms with Crippen molar-refractivity contribution in [3.8, 4) is 5.69 Å². The predicted octanol–water partition coefficient (Wildman–Crippen LogP) is 4.77. The second kappa shape index (κ2) is 7.48. The topological polar surface area (TPSA) is 83.0 Å². The first-order valence-electron chi connectivity index (χ1n) is 9.10. The minimum absolute atomic E-state index is 0.235. The van der Waals surface area contributed by atoms with Gasteiger partial charge in [-0.15, -0.1) is 0 Å². The lowest BCUT2D eigenvalue weighted by atomic mass is 10.2. The molecule has 6 nitrogen and oxygen atoms in total. The summed E-state index contributed by atoms with van der Waals surface area (Å²) in [6, 6.07) is 14.7. The van der Waals surface area contributed by atoms with E-state index in [4.69, 9.17) is 27.1 Å². The molecule has 0 saturated heterocycles. The van der Waals surface area contributed by atoms with Gasteiger partial charge in [-0.05, 0) is 42.8 Å². The van der Waals surface area contributed by atoms with Gasteiger partial charge < -0.3 is 10.5 Å². The zero-order chi connectivity index (χ0) is 19.7. The van der Waals surface area contributed by atoms with Crippen molar-refractivity contribution in [3.05, 3.63) is 59.1 Å². The van der Waals surface area contributed by atoms with Crippen molar-refractivity contribution in [1.82, 2.24) is 14.5 Å². The number of rotatable bonds is 5. The second-order valence-electron chi connectivity index (χ2n) is 6.45. The number of carbonyl (C=O) groups is 1. The third kappa shape index (κ3) is 3.16. The van der Waals surface area contributed by atoms with Crippen LogP contribution in [0.4, 0.5) is 5.82 Å². The van der Waals surface area contributed by atoms with Crippen LogP contribution in [0.15, 0.2) is 48.5 Å². The van der Waals surface area contributed by atoms with Gasteiger partial charge in [0.2, 0.25) is 0 Å². The van der Waals surface area contributed by atoms with E-state index >= 15 is 0 Å². The fraction of sp³-hybridized carbons (Fsp3) is 0.190. The molecule has 4 aromatic rings. The van der Waals surface area contributed by atoms with Gasteiger partial charge in [0, 0.05) is 10.7 Å². The Bertz CT molecular complexity index is 1170. The SMILES string of the molecule is CCCCOC(=O)c1c(N)n(-c2ccc(Cl)cc2)c2nc3ccccc3nc12. The normalized spacial score (nSPS) is 11.2. The monoisotopic (exact) mass is 394 g/mol. The zero-order valence-electron chi connectivity index (χ0n) is 15.4. The van der Waals surface area contributed by atoms with Crippen LogP contribution in [0.3, 0.4) is 0 Å². The van der Waals surface area contributed by atoms with Gasteiger partial charge in [-0.25, -0.2) is 14.8 Å². The first kappa shape index (κ1) is 18.3. The molecule has 0 amide bonds. The molecule has 2 aromatic carbocycles. The van der Waals surface area contributed by atoms with Gasteiger partial charge in [0.25, 0.3) is 0 Å². The van der Waals surface area contributed by atoms with Gasteiger partial charge in [-0.1, -0.05) is 37.1 Å². The minimum Gasteiger partial charge on any atom is -0.462 e. The third-order valence-corrected chi connectivity index (χ3v) is 4.77. The lowest BCUT2D eigenvalue weighted by Crippen LogP contribution is -2.10. The number of anilines is 1. The van der Waals surface area contributed by atoms with E-state index in [0.29, 0.717) is 33.8 Å². The number of halogens is 1. The van der Waals surface area contributed by atoms with E-state index in [-0.39, 0.29) is 11.4 Å².